The molecule has 0 fully saturated rings. The molecule has 0 saturated heterocycles. The first kappa shape index (κ1) is 24.5. The molecule has 2 aromatic carbocycles. The summed E-state index contributed by atoms with van der Waals surface area (Å²) in [7, 11) is -2.16. The first-order valence-electron chi connectivity index (χ1n) is 10.1. The molecule has 0 unspecified atom stereocenters. The van der Waals surface area contributed by atoms with Crippen molar-refractivity contribution in [3.63, 3.8) is 0 Å². The van der Waals surface area contributed by atoms with E-state index in [1.165, 1.54) is 11.4 Å². The van der Waals surface area contributed by atoms with E-state index in [2.05, 4.69) is 0 Å². The van der Waals surface area contributed by atoms with Gasteiger partial charge in [0.05, 0.1) is 5.69 Å². The van der Waals surface area contributed by atoms with E-state index in [1.807, 2.05) is 26.8 Å². The molecule has 1 heterocycles. The summed E-state index contributed by atoms with van der Waals surface area (Å²) in [4.78, 5) is 24.4. The van der Waals surface area contributed by atoms with E-state index in [9.17, 15) is 18.0 Å². The number of ether oxygens (including phenoxy) is 2. The molecule has 0 N–H and O–H groups in total. The van der Waals surface area contributed by atoms with E-state index in [4.69, 9.17) is 9.47 Å². The Morgan fingerprint density at radius 1 is 0.939 bits per heavy atom. The predicted molar refractivity (Wildman–Crippen MR) is 128 cm³/mol. The van der Waals surface area contributed by atoms with Crippen LogP contribution in [0.3, 0.4) is 0 Å². The van der Waals surface area contributed by atoms with Crippen molar-refractivity contribution in [3.8, 4) is 5.75 Å². The van der Waals surface area contributed by atoms with Crippen LogP contribution in [0.1, 0.15) is 27.0 Å². The third-order valence-corrected chi connectivity index (χ3v) is 8.33. The standard InChI is InChI=1S/C24H25NO6S2/c1-16-12-18(3)21(13-17(16)2)22(26)14-31-23(27)15-30-20-9-7-19(8-10-20)25(4)33(28,29)24-6-5-11-32-24/h5-13H,14-15H2,1-4H3. The Balaban J connectivity index is 1.52. The van der Waals surface area contributed by atoms with Crippen molar-refractivity contribution in [2.24, 2.45) is 0 Å². The highest BCUT2D eigenvalue weighted by molar-refractivity contribution is 7.94. The second-order valence-corrected chi connectivity index (χ2v) is 10.7. The summed E-state index contributed by atoms with van der Waals surface area (Å²) in [5.41, 5.74) is 3.91. The molecule has 0 saturated carbocycles. The van der Waals surface area contributed by atoms with Crippen LogP contribution in [-0.2, 0) is 19.6 Å². The molecule has 33 heavy (non-hydrogen) atoms. The minimum absolute atomic E-state index is 0.249. The zero-order valence-corrected chi connectivity index (χ0v) is 20.5. The van der Waals surface area contributed by atoms with Crippen LogP contribution in [0.2, 0.25) is 0 Å². The third-order valence-electron chi connectivity index (χ3n) is 5.17. The van der Waals surface area contributed by atoms with E-state index >= 15 is 0 Å². The van der Waals surface area contributed by atoms with Gasteiger partial charge in [0.2, 0.25) is 5.78 Å². The Morgan fingerprint density at radius 2 is 1.61 bits per heavy atom. The van der Waals surface area contributed by atoms with Crippen molar-refractivity contribution in [1.82, 2.24) is 0 Å². The smallest absolute Gasteiger partial charge is 0.344 e. The number of rotatable bonds is 9. The molecule has 0 radical (unpaired) electrons. The second kappa shape index (κ2) is 10.2. The van der Waals surface area contributed by atoms with Gasteiger partial charge in [-0.3, -0.25) is 9.10 Å². The van der Waals surface area contributed by atoms with Gasteiger partial charge in [0, 0.05) is 12.6 Å². The number of benzene rings is 2. The number of hydrogen-bond donors (Lipinski definition) is 0. The molecule has 3 aromatic rings. The van der Waals surface area contributed by atoms with E-state index in [0.29, 0.717) is 17.0 Å². The van der Waals surface area contributed by atoms with Crippen LogP contribution in [0.4, 0.5) is 5.69 Å². The summed E-state index contributed by atoms with van der Waals surface area (Å²) in [6.45, 7) is 5.00. The molecule has 0 aliphatic heterocycles. The van der Waals surface area contributed by atoms with E-state index in [1.54, 1.807) is 47.8 Å². The number of anilines is 1. The topological polar surface area (TPSA) is 90.0 Å². The molecule has 0 amide bonds. The number of nitrogens with zero attached hydrogens (tertiary/aromatic N) is 1. The quantitative estimate of drug-likeness (QED) is 0.330. The van der Waals surface area contributed by atoms with E-state index in [0.717, 1.165) is 28.0 Å². The lowest BCUT2D eigenvalue weighted by molar-refractivity contribution is -0.144. The summed E-state index contributed by atoms with van der Waals surface area (Å²) >= 11 is 1.14. The summed E-state index contributed by atoms with van der Waals surface area (Å²) < 4.78 is 37.1. The number of sulfonamides is 1. The van der Waals surface area contributed by atoms with Crippen LogP contribution < -0.4 is 9.04 Å². The number of Topliss-reactive ketones (excluding diaryl/α,β-unsaturated/α-hetero) is 1. The van der Waals surface area contributed by atoms with Crippen LogP contribution in [0.5, 0.6) is 5.75 Å². The monoisotopic (exact) mass is 487 g/mol. The normalized spacial score (nSPS) is 11.2. The SMILES string of the molecule is Cc1cc(C)c(C(=O)COC(=O)COc2ccc(N(C)S(=O)(=O)c3cccs3)cc2)cc1C. The van der Waals surface area contributed by atoms with Gasteiger partial charge in [0.1, 0.15) is 9.96 Å². The highest BCUT2D eigenvalue weighted by atomic mass is 32.2. The number of esters is 1. The Morgan fingerprint density at radius 3 is 2.24 bits per heavy atom. The molecule has 0 aliphatic carbocycles. The van der Waals surface area contributed by atoms with Crippen molar-refractivity contribution in [1.29, 1.82) is 0 Å². The zero-order chi connectivity index (χ0) is 24.2. The number of hydrogen-bond acceptors (Lipinski definition) is 7. The molecule has 0 aliphatic rings. The fourth-order valence-electron chi connectivity index (χ4n) is 3.10. The van der Waals surface area contributed by atoms with Gasteiger partial charge in [-0.2, -0.15) is 0 Å². The molecule has 3 rings (SSSR count). The minimum atomic E-state index is -3.63. The van der Waals surface area contributed by atoms with Crippen LogP contribution >= 0.6 is 11.3 Å². The van der Waals surface area contributed by atoms with Gasteiger partial charge in [0.25, 0.3) is 10.0 Å². The fraction of sp³-hybridized carbons (Fsp3) is 0.250. The van der Waals surface area contributed by atoms with Crippen molar-refractivity contribution in [2.75, 3.05) is 24.6 Å². The molecule has 0 spiro atoms. The van der Waals surface area contributed by atoms with Gasteiger partial charge in [0.15, 0.2) is 13.2 Å². The summed E-state index contributed by atoms with van der Waals surface area (Å²) in [5, 5.41) is 1.70. The Labute approximate surface area is 197 Å². The molecular formula is C24H25NO6S2. The van der Waals surface area contributed by atoms with Crippen molar-refractivity contribution >= 4 is 38.8 Å². The highest BCUT2D eigenvalue weighted by Gasteiger charge is 2.22. The van der Waals surface area contributed by atoms with Gasteiger partial charge in [-0.05, 0) is 79.2 Å². The van der Waals surface area contributed by atoms with Crippen molar-refractivity contribution in [2.45, 2.75) is 25.0 Å². The number of carbonyl (C=O) groups is 2. The molecule has 174 valence electrons. The van der Waals surface area contributed by atoms with Gasteiger partial charge >= 0.3 is 5.97 Å². The lowest BCUT2D eigenvalue weighted by Crippen LogP contribution is -2.25. The largest absolute Gasteiger partial charge is 0.482 e. The highest BCUT2D eigenvalue weighted by Crippen LogP contribution is 2.26. The molecule has 9 heteroatoms. The maximum absolute atomic E-state index is 12.6. The van der Waals surface area contributed by atoms with Crippen LogP contribution in [0.15, 0.2) is 58.1 Å². The second-order valence-electron chi connectivity index (χ2n) is 7.52. The first-order valence-corrected chi connectivity index (χ1v) is 12.4. The third kappa shape index (κ3) is 5.80. The lowest BCUT2D eigenvalue weighted by atomic mass is 9.98. The summed E-state index contributed by atoms with van der Waals surface area (Å²) in [6, 6.07) is 13.2. The first-order chi connectivity index (χ1) is 15.6. The number of ketones is 1. The van der Waals surface area contributed by atoms with Crippen LogP contribution in [0.25, 0.3) is 0 Å². The van der Waals surface area contributed by atoms with Crippen LogP contribution in [-0.4, -0.2) is 40.4 Å². The maximum Gasteiger partial charge on any atom is 0.344 e. The Bertz CT molecular complexity index is 1250. The summed E-state index contributed by atoms with van der Waals surface area (Å²) in [5.74, 6) is -0.580. The lowest BCUT2D eigenvalue weighted by Gasteiger charge is -2.18. The zero-order valence-electron chi connectivity index (χ0n) is 18.8. The van der Waals surface area contributed by atoms with Gasteiger partial charge in [-0.15, -0.1) is 11.3 Å². The molecule has 7 nitrogen and oxygen atoms in total. The minimum Gasteiger partial charge on any atom is -0.482 e. The van der Waals surface area contributed by atoms with Gasteiger partial charge in [-0.25, -0.2) is 13.2 Å². The summed E-state index contributed by atoms with van der Waals surface area (Å²) in [6.07, 6.45) is 0. The predicted octanol–water partition coefficient (Wildman–Crippen LogP) is 4.30. The number of carbonyl (C=O) groups excluding carboxylic acids is 2. The van der Waals surface area contributed by atoms with Gasteiger partial charge < -0.3 is 9.47 Å². The average Bonchev–Trinajstić information content (AvgIpc) is 3.34. The number of aryl methyl sites for hydroxylation is 3. The fourth-order valence-corrected chi connectivity index (χ4v) is 5.46. The number of thiophene rings is 1. The molecule has 0 bridgehead atoms. The maximum atomic E-state index is 12.6. The van der Waals surface area contributed by atoms with Crippen molar-refractivity contribution < 1.29 is 27.5 Å². The molecule has 0 atom stereocenters. The average molecular weight is 488 g/mol. The van der Waals surface area contributed by atoms with Gasteiger partial charge in [-0.1, -0.05) is 12.1 Å². The Kier molecular flexibility index (Phi) is 7.55. The van der Waals surface area contributed by atoms with E-state index < -0.39 is 16.0 Å². The molecular weight excluding hydrogens is 462 g/mol. The van der Waals surface area contributed by atoms with Crippen molar-refractivity contribution in [3.05, 3.63) is 76.2 Å². The van der Waals surface area contributed by atoms with Crippen LogP contribution in [0, 0.1) is 20.8 Å². The Hall–Kier alpha value is -3.17. The van der Waals surface area contributed by atoms with E-state index in [-0.39, 0.29) is 23.2 Å². The molecule has 1 aromatic heterocycles.